The summed E-state index contributed by atoms with van der Waals surface area (Å²) in [7, 11) is 1.86. The first-order valence-corrected chi connectivity index (χ1v) is 8.31. The molecular weight excluding hydrogens is 284 g/mol. The fourth-order valence-corrected chi connectivity index (χ4v) is 3.24. The van der Waals surface area contributed by atoms with Crippen LogP contribution in [0.2, 0.25) is 0 Å². The summed E-state index contributed by atoms with van der Waals surface area (Å²) < 4.78 is 0. The number of likely N-dealkylation sites (N-methyl/N-ethyl adjacent to an activating group) is 1. The molecule has 1 atom stereocenters. The van der Waals surface area contributed by atoms with Gasteiger partial charge in [-0.1, -0.05) is 36.4 Å². The van der Waals surface area contributed by atoms with Gasteiger partial charge in [0.05, 0.1) is 0 Å². The molecule has 1 N–H and O–H groups in total. The number of hydrogen-bond donors (Lipinski definition) is 1. The number of fused-ring (bicyclic) bond motifs is 1. The maximum absolute atomic E-state index is 12.5. The van der Waals surface area contributed by atoms with Crippen molar-refractivity contribution in [2.75, 3.05) is 12.4 Å². The molecule has 3 heteroatoms. The summed E-state index contributed by atoms with van der Waals surface area (Å²) in [6, 6.07) is 16.3. The third-order valence-corrected chi connectivity index (χ3v) is 4.49. The number of anilines is 1. The molecule has 3 nitrogen and oxygen atoms in total. The van der Waals surface area contributed by atoms with Crippen LogP contribution in [0, 0.1) is 0 Å². The van der Waals surface area contributed by atoms with Crippen LogP contribution in [0.25, 0.3) is 0 Å². The molecule has 0 radical (unpaired) electrons. The lowest BCUT2D eigenvalue weighted by atomic mass is 10.1. The van der Waals surface area contributed by atoms with Crippen molar-refractivity contribution in [1.29, 1.82) is 0 Å². The van der Waals surface area contributed by atoms with Gasteiger partial charge in [0.1, 0.15) is 6.04 Å². The van der Waals surface area contributed by atoms with Crippen molar-refractivity contribution < 1.29 is 4.79 Å². The van der Waals surface area contributed by atoms with Crippen molar-refractivity contribution >= 4 is 11.6 Å². The summed E-state index contributed by atoms with van der Waals surface area (Å²) in [5.74, 6) is 0.106. The zero-order valence-electron chi connectivity index (χ0n) is 13.9. The highest BCUT2D eigenvalue weighted by Gasteiger charge is 2.18. The van der Waals surface area contributed by atoms with Gasteiger partial charge in [-0.05, 0) is 55.0 Å². The van der Waals surface area contributed by atoms with E-state index in [1.54, 1.807) is 4.90 Å². The van der Waals surface area contributed by atoms with Crippen LogP contribution in [-0.2, 0) is 24.2 Å². The predicted molar refractivity (Wildman–Crippen MR) is 94.5 cm³/mol. The van der Waals surface area contributed by atoms with Crippen LogP contribution in [0.3, 0.4) is 0 Å². The van der Waals surface area contributed by atoms with Crippen LogP contribution in [0.4, 0.5) is 5.69 Å². The first-order valence-electron chi connectivity index (χ1n) is 8.31. The average molecular weight is 308 g/mol. The van der Waals surface area contributed by atoms with Crippen LogP contribution in [0.1, 0.15) is 30.0 Å². The lowest BCUT2D eigenvalue weighted by Crippen LogP contribution is -2.38. The summed E-state index contributed by atoms with van der Waals surface area (Å²) in [6.07, 6.45) is 3.58. The minimum atomic E-state index is -0.233. The number of nitrogens with zero attached hydrogens (tertiary/aromatic N) is 1. The summed E-state index contributed by atoms with van der Waals surface area (Å²) in [5, 5.41) is 3.35. The Bertz CT molecular complexity index is 681. The lowest BCUT2D eigenvalue weighted by molar-refractivity contribution is -0.130. The largest absolute Gasteiger partial charge is 0.374 e. The molecule has 0 saturated heterocycles. The van der Waals surface area contributed by atoms with E-state index in [0.717, 1.165) is 17.7 Å². The van der Waals surface area contributed by atoms with E-state index in [9.17, 15) is 4.79 Å². The van der Waals surface area contributed by atoms with E-state index in [4.69, 9.17) is 0 Å². The van der Waals surface area contributed by atoms with Crippen molar-refractivity contribution in [1.82, 2.24) is 4.90 Å². The van der Waals surface area contributed by atoms with E-state index in [2.05, 4.69) is 23.5 Å². The van der Waals surface area contributed by atoms with Crippen molar-refractivity contribution in [2.45, 2.75) is 38.8 Å². The Balaban J connectivity index is 1.61. The summed E-state index contributed by atoms with van der Waals surface area (Å²) >= 11 is 0. The molecular formula is C20H24N2O. The van der Waals surface area contributed by atoms with Crippen molar-refractivity contribution in [2.24, 2.45) is 0 Å². The Morgan fingerprint density at radius 2 is 1.87 bits per heavy atom. The third kappa shape index (κ3) is 3.73. The molecule has 0 bridgehead atoms. The molecule has 0 spiro atoms. The minimum Gasteiger partial charge on any atom is -0.374 e. The van der Waals surface area contributed by atoms with Crippen molar-refractivity contribution in [3.8, 4) is 0 Å². The maximum Gasteiger partial charge on any atom is 0.244 e. The molecule has 0 unspecified atom stereocenters. The predicted octanol–water partition coefficient (Wildman–Crippen LogP) is 3.63. The zero-order chi connectivity index (χ0) is 16.2. The molecule has 120 valence electrons. The van der Waals surface area contributed by atoms with Crippen LogP contribution < -0.4 is 5.32 Å². The summed E-state index contributed by atoms with van der Waals surface area (Å²) in [6.45, 7) is 2.56. The van der Waals surface area contributed by atoms with Crippen LogP contribution in [0.15, 0.2) is 48.5 Å². The molecule has 0 heterocycles. The van der Waals surface area contributed by atoms with Crippen molar-refractivity contribution in [3.63, 3.8) is 0 Å². The second-order valence-electron chi connectivity index (χ2n) is 6.38. The van der Waals surface area contributed by atoms with E-state index in [-0.39, 0.29) is 11.9 Å². The number of amides is 1. The monoisotopic (exact) mass is 308 g/mol. The molecule has 0 aromatic heterocycles. The fraction of sp³-hybridized carbons (Fsp3) is 0.350. The number of nitrogens with one attached hydrogen (secondary N) is 1. The van der Waals surface area contributed by atoms with E-state index < -0.39 is 0 Å². The first-order chi connectivity index (χ1) is 11.1. The van der Waals surface area contributed by atoms with Gasteiger partial charge in [-0.25, -0.2) is 0 Å². The number of carbonyl (C=O) groups excluding carboxylic acids is 1. The van der Waals surface area contributed by atoms with Crippen LogP contribution >= 0.6 is 0 Å². The van der Waals surface area contributed by atoms with Gasteiger partial charge < -0.3 is 10.2 Å². The molecule has 23 heavy (non-hydrogen) atoms. The SMILES string of the molecule is C[C@H](Nc1ccc2c(c1)CCC2)C(=O)N(C)Cc1ccccc1. The quantitative estimate of drug-likeness (QED) is 0.914. The summed E-state index contributed by atoms with van der Waals surface area (Å²) in [4.78, 5) is 14.3. The second kappa shape index (κ2) is 6.86. The van der Waals surface area contributed by atoms with Crippen LogP contribution in [0.5, 0.6) is 0 Å². The smallest absolute Gasteiger partial charge is 0.244 e. The normalized spacial score (nSPS) is 14.2. The van der Waals surface area contributed by atoms with Gasteiger partial charge in [-0.3, -0.25) is 4.79 Å². The highest BCUT2D eigenvalue weighted by molar-refractivity contribution is 5.84. The molecule has 3 rings (SSSR count). The Hall–Kier alpha value is -2.29. The zero-order valence-corrected chi connectivity index (χ0v) is 13.9. The van der Waals surface area contributed by atoms with E-state index >= 15 is 0 Å². The van der Waals surface area contributed by atoms with Gasteiger partial charge in [-0.15, -0.1) is 0 Å². The average Bonchev–Trinajstić information content (AvgIpc) is 3.02. The summed E-state index contributed by atoms with van der Waals surface area (Å²) in [5.41, 5.74) is 5.07. The Kier molecular flexibility index (Phi) is 4.65. The van der Waals surface area contributed by atoms with E-state index in [1.165, 1.54) is 24.0 Å². The topological polar surface area (TPSA) is 32.3 Å². The molecule has 1 aliphatic rings. The molecule has 2 aromatic rings. The molecule has 1 aliphatic carbocycles. The molecule has 1 amide bonds. The Morgan fingerprint density at radius 1 is 1.13 bits per heavy atom. The van der Waals surface area contributed by atoms with E-state index in [1.807, 2.05) is 44.3 Å². The first kappa shape index (κ1) is 15.6. The molecule has 0 fully saturated rings. The third-order valence-electron chi connectivity index (χ3n) is 4.49. The van der Waals surface area contributed by atoms with Crippen molar-refractivity contribution in [3.05, 3.63) is 65.2 Å². The highest BCUT2D eigenvalue weighted by Crippen LogP contribution is 2.25. The van der Waals surface area contributed by atoms with Gasteiger partial charge in [0, 0.05) is 19.3 Å². The molecule has 0 aliphatic heterocycles. The highest BCUT2D eigenvalue weighted by atomic mass is 16.2. The minimum absolute atomic E-state index is 0.106. The van der Waals surface area contributed by atoms with E-state index in [0.29, 0.717) is 6.54 Å². The fourth-order valence-electron chi connectivity index (χ4n) is 3.24. The number of aryl methyl sites for hydroxylation is 2. The number of carbonyl (C=O) groups is 1. The van der Waals surface area contributed by atoms with Gasteiger partial charge in [0.25, 0.3) is 0 Å². The number of benzene rings is 2. The van der Waals surface area contributed by atoms with Gasteiger partial charge in [0.15, 0.2) is 0 Å². The Morgan fingerprint density at radius 3 is 2.65 bits per heavy atom. The molecule has 2 aromatic carbocycles. The maximum atomic E-state index is 12.5. The van der Waals surface area contributed by atoms with Gasteiger partial charge in [-0.2, -0.15) is 0 Å². The molecule has 0 saturated carbocycles. The standard InChI is InChI=1S/C20H24N2O/c1-15(20(23)22(2)14-16-7-4-3-5-8-16)21-19-12-11-17-9-6-10-18(17)13-19/h3-5,7-8,11-13,15,21H,6,9-10,14H2,1-2H3/t15-/m0/s1. The number of hydrogen-bond acceptors (Lipinski definition) is 2. The second-order valence-corrected chi connectivity index (χ2v) is 6.38. The van der Waals surface area contributed by atoms with Crippen LogP contribution in [-0.4, -0.2) is 23.9 Å². The lowest BCUT2D eigenvalue weighted by Gasteiger charge is -2.23. The Labute approximate surface area is 138 Å². The van der Waals surface area contributed by atoms with Gasteiger partial charge >= 0.3 is 0 Å². The van der Waals surface area contributed by atoms with Gasteiger partial charge in [0.2, 0.25) is 5.91 Å². The number of rotatable bonds is 5.